The quantitative estimate of drug-likeness (QED) is 0.287. The van der Waals surface area contributed by atoms with Gasteiger partial charge in [-0.25, -0.2) is 9.36 Å². The predicted octanol–water partition coefficient (Wildman–Crippen LogP) is -1.72. The molecule has 0 aliphatic carbocycles. The summed E-state index contributed by atoms with van der Waals surface area (Å²) in [6, 6.07) is 1.33. The highest BCUT2D eigenvalue weighted by atomic mass is 31.2. The van der Waals surface area contributed by atoms with E-state index in [0.717, 1.165) is 4.57 Å². The van der Waals surface area contributed by atoms with E-state index >= 15 is 0 Å². The SMILES string of the molecule is C[N+](C)(C)CCOP(=O)(O)OC[C@H]1O[C@@H](n2ccc(N)nc2=O)[C@H](O)[C@@H]1O. The molecule has 0 saturated carbocycles. The van der Waals surface area contributed by atoms with E-state index in [9.17, 15) is 24.5 Å². The molecule has 0 aromatic carbocycles. The molecular weight excluding hydrogens is 383 g/mol. The Bertz CT molecular complexity index is 751. The lowest BCUT2D eigenvalue weighted by atomic mass is 10.1. The second kappa shape index (κ2) is 8.33. The number of phosphoric acid groups is 1. The van der Waals surface area contributed by atoms with E-state index in [4.69, 9.17) is 19.5 Å². The van der Waals surface area contributed by atoms with Crippen LogP contribution in [0.4, 0.5) is 5.82 Å². The summed E-state index contributed by atoms with van der Waals surface area (Å²) in [4.78, 5) is 25.1. The fraction of sp³-hybridized carbons (Fsp3) is 0.714. The van der Waals surface area contributed by atoms with Crippen LogP contribution in [-0.4, -0.2) is 88.4 Å². The second-order valence-electron chi connectivity index (χ2n) is 7.20. The van der Waals surface area contributed by atoms with E-state index in [2.05, 4.69) is 4.98 Å². The molecule has 1 aliphatic rings. The molecule has 5 N–H and O–H groups in total. The summed E-state index contributed by atoms with van der Waals surface area (Å²) in [7, 11) is 1.32. The van der Waals surface area contributed by atoms with Crippen LogP contribution in [0.5, 0.6) is 0 Å². The first kappa shape index (κ1) is 21.9. The number of nitrogens with two attached hydrogens (primary N) is 1. The number of quaternary nitrogens is 1. The number of ether oxygens (including phenoxy) is 1. The zero-order valence-electron chi connectivity index (χ0n) is 15.3. The Morgan fingerprint density at radius 2 is 2.00 bits per heavy atom. The average molecular weight is 409 g/mol. The highest BCUT2D eigenvalue weighted by molar-refractivity contribution is 7.47. The molecule has 0 bridgehead atoms. The number of aromatic nitrogens is 2. The molecule has 1 aliphatic heterocycles. The van der Waals surface area contributed by atoms with Gasteiger partial charge in [-0.05, 0) is 6.07 Å². The average Bonchev–Trinajstić information content (AvgIpc) is 2.80. The first-order chi connectivity index (χ1) is 12.4. The normalized spacial score (nSPS) is 28.2. The predicted molar refractivity (Wildman–Crippen MR) is 93.5 cm³/mol. The molecule has 0 spiro atoms. The number of aliphatic hydroxyl groups excluding tert-OH is 2. The molecule has 1 unspecified atom stereocenters. The molecule has 1 aromatic rings. The van der Waals surface area contributed by atoms with Gasteiger partial charge >= 0.3 is 13.5 Å². The van der Waals surface area contributed by atoms with Crippen LogP contribution in [0.1, 0.15) is 6.23 Å². The van der Waals surface area contributed by atoms with Crippen LogP contribution in [0.3, 0.4) is 0 Å². The fourth-order valence-corrected chi connectivity index (χ4v) is 3.07. The molecule has 13 heteroatoms. The molecule has 12 nitrogen and oxygen atoms in total. The maximum absolute atomic E-state index is 11.9. The van der Waals surface area contributed by atoms with Crippen molar-refractivity contribution in [3.05, 3.63) is 22.7 Å². The summed E-state index contributed by atoms with van der Waals surface area (Å²) < 4.78 is 28.5. The topological polar surface area (TPSA) is 166 Å². The standard InChI is InChI=1S/C14H25N4O8P/c1-18(2,3)6-7-24-27(22,23)25-8-9-11(19)12(20)13(26-9)17-5-4-10(15)16-14(17)21/h4-5,9,11-13,19-20H,6-8H2,1-3H3,(H2-,15,16,21,22,23)/p+1/t9-,11-,12-,13-/m1/s1. The van der Waals surface area contributed by atoms with Crippen LogP contribution < -0.4 is 11.4 Å². The first-order valence-electron chi connectivity index (χ1n) is 8.18. The minimum absolute atomic E-state index is 0.00332. The van der Waals surface area contributed by atoms with E-state index in [1.807, 2.05) is 21.1 Å². The van der Waals surface area contributed by atoms with Crippen molar-refractivity contribution in [1.29, 1.82) is 0 Å². The zero-order valence-corrected chi connectivity index (χ0v) is 16.2. The lowest BCUT2D eigenvalue weighted by Gasteiger charge is -2.24. The van der Waals surface area contributed by atoms with Crippen LogP contribution in [0.15, 0.2) is 17.1 Å². The third kappa shape index (κ3) is 6.06. The number of rotatable bonds is 8. The largest absolute Gasteiger partial charge is 0.472 e. The van der Waals surface area contributed by atoms with E-state index in [0.29, 0.717) is 11.0 Å². The number of hydrogen-bond acceptors (Lipinski definition) is 9. The summed E-state index contributed by atoms with van der Waals surface area (Å²) in [5, 5.41) is 20.2. The minimum atomic E-state index is -4.37. The van der Waals surface area contributed by atoms with Crippen LogP contribution in [0.2, 0.25) is 0 Å². The smallest absolute Gasteiger partial charge is 0.387 e. The molecular formula is C14H26N4O8P+. The summed E-state index contributed by atoms with van der Waals surface area (Å²) in [6.45, 7) is -0.0581. The molecule has 1 fully saturated rings. The molecule has 154 valence electrons. The van der Waals surface area contributed by atoms with Crippen molar-refractivity contribution in [2.24, 2.45) is 0 Å². The van der Waals surface area contributed by atoms with E-state index < -0.39 is 44.7 Å². The summed E-state index contributed by atoms with van der Waals surface area (Å²) in [5.74, 6) is -0.00332. The Morgan fingerprint density at radius 1 is 1.33 bits per heavy atom. The summed E-state index contributed by atoms with van der Waals surface area (Å²) >= 11 is 0. The van der Waals surface area contributed by atoms with Gasteiger partial charge in [0.1, 0.15) is 37.3 Å². The fourth-order valence-electron chi connectivity index (χ4n) is 2.35. The molecule has 2 rings (SSSR count). The molecule has 5 atom stereocenters. The number of hydrogen-bond donors (Lipinski definition) is 4. The van der Waals surface area contributed by atoms with E-state index in [1.165, 1.54) is 12.3 Å². The highest BCUT2D eigenvalue weighted by Crippen LogP contribution is 2.44. The molecule has 0 radical (unpaired) electrons. The van der Waals surface area contributed by atoms with Crippen molar-refractivity contribution in [2.75, 3.05) is 46.6 Å². The number of phosphoric ester groups is 1. The number of nitrogen functional groups attached to an aromatic ring is 1. The second-order valence-corrected chi connectivity index (χ2v) is 8.65. The van der Waals surface area contributed by atoms with Gasteiger partial charge in [-0.3, -0.25) is 13.6 Å². The van der Waals surface area contributed by atoms with Crippen molar-refractivity contribution in [2.45, 2.75) is 24.5 Å². The van der Waals surface area contributed by atoms with Crippen molar-refractivity contribution in [3.8, 4) is 0 Å². The van der Waals surface area contributed by atoms with Crippen LogP contribution in [0, 0.1) is 0 Å². The highest BCUT2D eigenvalue weighted by Gasteiger charge is 2.45. The lowest BCUT2D eigenvalue weighted by molar-refractivity contribution is -0.870. The third-order valence-electron chi connectivity index (χ3n) is 3.88. The van der Waals surface area contributed by atoms with Gasteiger partial charge in [0, 0.05) is 6.20 Å². The van der Waals surface area contributed by atoms with E-state index in [-0.39, 0.29) is 12.4 Å². The molecule has 0 amide bonds. The molecule has 1 aromatic heterocycles. The van der Waals surface area contributed by atoms with Crippen LogP contribution >= 0.6 is 7.82 Å². The number of likely N-dealkylation sites (N-methyl/N-ethyl adjacent to an activating group) is 1. The van der Waals surface area contributed by atoms with Crippen molar-refractivity contribution in [1.82, 2.24) is 9.55 Å². The summed E-state index contributed by atoms with van der Waals surface area (Å²) in [5.41, 5.74) is 4.63. The Kier molecular flexibility index (Phi) is 6.77. The molecule has 27 heavy (non-hydrogen) atoms. The monoisotopic (exact) mass is 409 g/mol. The maximum Gasteiger partial charge on any atom is 0.472 e. The lowest BCUT2D eigenvalue weighted by Crippen LogP contribution is -2.37. The van der Waals surface area contributed by atoms with Crippen LogP contribution in [-0.2, 0) is 18.3 Å². The third-order valence-corrected chi connectivity index (χ3v) is 4.87. The Morgan fingerprint density at radius 3 is 2.59 bits per heavy atom. The van der Waals surface area contributed by atoms with Crippen LogP contribution in [0.25, 0.3) is 0 Å². The Balaban J connectivity index is 1.95. The Hall–Kier alpha value is -1.37. The van der Waals surface area contributed by atoms with Gasteiger partial charge in [0.15, 0.2) is 6.23 Å². The van der Waals surface area contributed by atoms with E-state index in [1.54, 1.807) is 0 Å². The number of aliphatic hydroxyl groups is 2. The van der Waals surface area contributed by atoms with Gasteiger partial charge in [0.2, 0.25) is 0 Å². The van der Waals surface area contributed by atoms with Gasteiger partial charge in [-0.1, -0.05) is 0 Å². The van der Waals surface area contributed by atoms with Gasteiger partial charge in [0.25, 0.3) is 0 Å². The van der Waals surface area contributed by atoms with Crippen molar-refractivity contribution >= 4 is 13.6 Å². The van der Waals surface area contributed by atoms with Gasteiger partial charge in [0.05, 0.1) is 27.7 Å². The molecule has 1 saturated heterocycles. The minimum Gasteiger partial charge on any atom is -0.387 e. The molecule has 2 heterocycles. The van der Waals surface area contributed by atoms with Gasteiger partial charge in [-0.2, -0.15) is 4.98 Å². The number of anilines is 1. The van der Waals surface area contributed by atoms with Crippen molar-refractivity contribution < 1.29 is 37.9 Å². The first-order valence-corrected chi connectivity index (χ1v) is 9.68. The Labute approximate surface area is 155 Å². The zero-order chi connectivity index (χ0) is 20.4. The van der Waals surface area contributed by atoms with Gasteiger partial charge < -0.3 is 30.1 Å². The summed E-state index contributed by atoms with van der Waals surface area (Å²) in [6.07, 6.45) is -4.06. The maximum atomic E-state index is 11.9. The van der Waals surface area contributed by atoms with Gasteiger partial charge in [-0.15, -0.1) is 0 Å². The number of nitrogens with zero attached hydrogens (tertiary/aromatic N) is 3. The van der Waals surface area contributed by atoms with Crippen molar-refractivity contribution in [3.63, 3.8) is 0 Å².